The summed E-state index contributed by atoms with van der Waals surface area (Å²) < 4.78 is 5.31. The van der Waals surface area contributed by atoms with E-state index in [0.29, 0.717) is 29.3 Å². The molecule has 1 aliphatic heterocycles. The number of halogens is 1. The first-order chi connectivity index (χ1) is 15.0. The number of nitrogens with one attached hydrogen (secondary N) is 1. The van der Waals surface area contributed by atoms with E-state index in [-0.39, 0.29) is 18.2 Å². The van der Waals surface area contributed by atoms with Crippen molar-refractivity contribution in [2.75, 3.05) is 16.8 Å². The van der Waals surface area contributed by atoms with Gasteiger partial charge in [-0.25, -0.2) is 14.8 Å². The van der Waals surface area contributed by atoms with Crippen LogP contribution in [0.3, 0.4) is 0 Å². The molecule has 1 unspecified atom stereocenters. The van der Waals surface area contributed by atoms with Crippen LogP contribution >= 0.6 is 22.9 Å². The van der Waals surface area contributed by atoms with Gasteiger partial charge in [0, 0.05) is 33.4 Å². The maximum Gasteiger partial charge on any atom is 0.415 e. The second kappa shape index (κ2) is 8.09. The van der Waals surface area contributed by atoms with E-state index in [0.717, 1.165) is 34.0 Å². The highest BCUT2D eigenvalue weighted by molar-refractivity contribution is 7.15. The number of benzene rings is 1. The Balaban J connectivity index is 1.35. The summed E-state index contributed by atoms with van der Waals surface area (Å²) in [6.07, 6.45) is 3.80. The van der Waals surface area contributed by atoms with Crippen molar-refractivity contribution in [2.45, 2.75) is 38.8 Å². The zero-order valence-electron chi connectivity index (χ0n) is 17.2. The first-order valence-corrected chi connectivity index (χ1v) is 11.5. The quantitative estimate of drug-likeness (QED) is 0.530. The number of nitrogens with zero attached hydrogens (tertiary/aromatic N) is 4. The van der Waals surface area contributed by atoms with Crippen LogP contribution in [0.5, 0.6) is 0 Å². The van der Waals surface area contributed by atoms with Crippen molar-refractivity contribution in [3.8, 4) is 10.6 Å². The summed E-state index contributed by atoms with van der Waals surface area (Å²) in [5.41, 5.74) is 1.82. The number of ether oxygens (including phenoxy) is 1. The fraction of sp³-hybridized carbons (Fsp3) is 0.364. The van der Waals surface area contributed by atoms with E-state index < -0.39 is 0 Å². The van der Waals surface area contributed by atoms with Gasteiger partial charge in [-0.1, -0.05) is 23.7 Å². The number of hydrogen-bond acceptors (Lipinski definition) is 7. The predicted molar refractivity (Wildman–Crippen MR) is 122 cm³/mol. The van der Waals surface area contributed by atoms with Gasteiger partial charge in [0.05, 0.1) is 12.1 Å². The van der Waals surface area contributed by atoms with Gasteiger partial charge >= 0.3 is 6.09 Å². The number of aryl methyl sites for hydroxylation is 1. The fourth-order valence-corrected chi connectivity index (χ4v) is 4.79. The molecule has 2 atom stereocenters. The van der Waals surface area contributed by atoms with Crippen LogP contribution in [-0.4, -0.2) is 33.7 Å². The minimum absolute atomic E-state index is 0.0436. The van der Waals surface area contributed by atoms with Crippen molar-refractivity contribution in [3.63, 3.8) is 0 Å². The molecule has 1 amide bonds. The van der Waals surface area contributed by atoms with Crippen molar-refractivity contribution in [1.29, 1.82) is 0 Å². The number of aromatic nitrogens is 3. The maximum atomic E-state index is 12.4. The van der Waals surface area contributed by atoms with Crippen molar-refractivity contribution < 1.29 is 9.53 Å². The Labute approximate surface area is 189 Å². The van der Waals surface area contributed by atoms with Crippen molar-refractivity contribution in [3.05, 3.63) is 52.1 Å². The van der Waals surface area contributed by atoms with E-state index in [1.54, 1.807) is 16.2 Å². The van der Waals surface area contributed by atoms with Crippen LogP contribution in [0, 0.1) is 12.8 Å². The van der Waals surface area contributed by atoms with Gasteiger partial charge in [-0.05, 0) is 44.7 Å². The van der Waals surface area contributed by atoms with Crippen LogP contribution in [-0.2, 0) is 4.74 Å². The summed E-state index contributed by atoms with van der Waals surface area (Å²) in [6, 6.07) is 9.51. The smallest absolute Gasteiger partial charge is 0.415 e. The van der Waals surface area contributed by atoms with E-state index in [9.17, 15) is 4.79 Å². The summed E-state index contributed by atoms with van der Waals surface area (Å²) in [5.74, 6) is 1.58. The van der Waals surface area contributed by atoms with Gasteiger partial charge in [0.2, 0.25) is 5.95 Å². The van der Waals surface area contributed by atoms with Gasteiger partial charge in [-0.3, -0.25) is 4.90 Å². The molecular formula is C22H22ClN5O2S. The third-order valence-corrected chi connectivity index (χ3v) is 7.03. The largest absolute Gasteiger partial charge is 0.447 e. The number of thiazole rings is 1. The number of rotatable bonds is 6. The molecule has 5 rings (SSSR count). The Hall–Kier alpha value is -2.71. The predicted octanol–water partition coefficient (Wildman–Crippen LogP) is 5.47. The second-order valence-electron chi connectivity index (χ2n) is 7.98. The summed E-state index contributed by atoms with van der Waals surface area (Å²) >= 11 is 7.59. The standard InChI is InChI=1S/C22H22ClN5O2S/c1-12-9-19(28-17(14-3-4-14)11-30-22(28)29)27-21(25-12)26-13(2)18-10-24-20(31-18)15-5-7-16(23)8-6-15/h5-10,13-14,17H,3-4,11H2,1-2H3,(H,25,26,27)/t13-,17?/m0/s1. The SMILES string of the molecule is Cc1cc(N2C(=O)OCC2C2CC2)nc(N[C@@H](C)c2cnc(-c3ccc(Cl)cc3)s2)n1. The first kappa shape index (κ1) is 20.2. The van der Waals surface area contributed by atoms with E-state index in [1.165, 1.54) is 0 Å². The minimum atomic E-state index is -0.330. The lowest BCUT2D eigenvalue weighted by molar-refractivity contribution is 0.178. The highest BCUT2D eigenvalue weighted by Crippen LogP contribution is 2.40. The van der Waals surface area contributed by atoms with Gasteiger partial charge in [-0.2, -0.15) is 4.98 Å². The Bertz CT molecular complexity index is 1120. The fourth-order valence-electron chi connectivity index (χ4n) is 3.74. The Morgan fingerprint density at radius 3 is 2.77 bits per heavy atom. The number of amides is 1. The lowest BCUT2D eigenvalue weighted by atomic mass is 10.2. The lowest BCUT2D eigenvalue weighted by Gasteiger charge is -2.21. The van der Waals surface area contributed by atoms with Crippen LogP contribution in [0.4, 0.5) is 16.6 Å². The third kappa shape index (κ3) is 4.22. The molecule has 2 fully saturated rings. The third-order valence-electron chi connectivity index (χ3n) is 5.55. The van der Waals surface area contributed by atoms with Gasteiger partial charge < -0.3 is 10.1 Å². The summed E-state index contributed by atoms with van der Waals surface area (Å²) in [7, 11) is 0. The molecule has 0 bridgehead atoms. The van der Waals surface area contributed by atoms with Crippen molar-refractivity contribution >= 4 is 40.8 Å². The number of anilines is 2. The average molecular weight is 456 g/mol. The van der Waals surface area contributed by atoms with E-state index >= 15 is 0 Å². The van der Waals surface area contributed by atoms with E-state index in [1.807, 2.05) is 50.4 Å². The van der Waals surface area contributed by atoms with E-state index in [4.69, 9.17) is 16.3 Å². The number of carbonyl (C=O) groups excluding carboxylic acids is 1. The van der Waals surface area contributed by atoms with Gasteiger partial charge in [0.15, 0.2) is 0 Å². The molecular weight excluding hydrogens is 434 g/mol. The maximum absolute atomic E-state index is 12.4. The Morgan fingerprint density at radius 1 is 1.26 bits per heavy atom. The molecule has 2 aromatic heterocycles. The van der Waals surface area contributed by atoms with E-state index in [2.05, 4.69) is 20.3 Å². The zero-order valence-corrected chi connectivity index (χ0v) is 18.8. The van der Waals surface area contributed by atoms with Crippen LogP contribution in [0.1, 0.15) is 36.4 Å². The first-order valence-electron chi connectivity index (χ1n) is 10.3. The molecule has 1 aromatic carbocycles. The minimum Gasteiger partial charge on any atom is -0.447 e. The molecule has 31 heavy (non-hydrogen) atoms. The molecule has 1 saturated heterocycles. The number of carbonyl (C=O) groups is 1. The molecule has 0 radical (unpaired) electrons. The molecule has 7 nitrogen and oxygen atoms in total. The normalized spacial score (nSPS) is 19.4. The highest BCUT2D eigenvalue weighted by Gasteiger charge is 2.44. The molecule has 3 aromatic rings. The van der Waals surface area contributed by atoms with Gasteiger partial charge in [-0.15, -0.1) is 11.3 Å². The number of hydrogen-bond donors (Lipinski definition) is 1. The van der Waals surface area contributed by atoms with Crippen LogP contribution in [0.2, 0.25) is 5.02 Å². The molecule has 3 heterocycles. The average Bonchev–Trinajstić information content (AvgIpc) is 3.32. The molecule has 1 saturated carbocycles. The molecule has 9 heteroatoms. The van der Waals surface area contributed by atoms with Crippen LogP contribution < -0.4 is 10.2 Å². The van der Waals surface area contributed by atoms with Crippen molar-refractivity contribution in [1.82, 2.24) is 15.0 Å². The monoisotopic (exact) mass is 455 g/mol. The zero-order chi connectivity index (χ0) is 21.5. The molecule has 0 spiro atoms. The summed E-state index contributed by atoms with van der Waals surface area (Å²) in [5, 5.41) is 4.99. The number of cyclic esters (lactones) is 1. The van der Waals surface area contributed by atoms with Gasteiger partial charge in [0.25, 0.3) is 0 Å². The summed E-state index contributed by atoms with van der Waals surface area (Å²) in [4.78, 5) is 28.8. The topological polar surface area (TPSA) is 80.2 Å². The molecule has 160 valence electrons. The van der Waals surface area contributed by atoms with Gasteiger partial charge in [0.1, 0.15) is 17.4 Å². The lowest BCUT2D eigenvalue weighted by Crippen LogP contribution is -2.36. The Morgan fingerprint density at radius 2 is 2.03 bits per heavy atom. The van der Waals surface area contributed by atoms with Crippen LogP contribution in [0.15, 0.2) is 36.5 Å². The highest BCUT2D eigenvalue weighted by atomic mass is 35.5. The molecule has 1 aliphatic carbocycles. The van der Waals surface area contributed by atoms with Crippen LogP contribution in [0.25, 0.3) is 10.6 Å². The second-order valence-corrected chi connectivity index (χ2v) is 9.48. The van der Waals surface area contributed by atoms with Crippen molar-refractivity contribution in [2.24, 2.45) is 5.92 Å². The molecule has 2 aliphatic rings. The Kier molecular flexibility index (Phi) is 5.27. The molecule has 1 N–H and O–H groups in total. The summed E-state index contributed by atoms with van der Waals surface area (Å²) in [6.45, 7) is 4.38.